The average Bonchev–Trinajstić information content (AvgIpc) is 2.98. The molecule has 7 heteroatoms. The second-order valence-electron chi connectivity index (χ2n) is 5.64. The van der Waals surface area contributed by atoms with Crippen LogP contribution in [0.4, 0.5) is 11.6 Å². The van der Waals surface area contributed by atoms with E-state index in [1.807, 2.05) is 4.90 Å². The first kappa shape index (κ1) is 14.9. The lowest BCUT2D eigenvalue weighted by Crippen LogP contribution is -2.29. The van der Waals surface area contributed by atoms with Crippen LogP contribution in [-0.4, -0.2) is 32.9 Å². The molecular formula is C15H19N5OS. The molecule has 0 unspecified atom stereocenters. The Morgan fingerprint density at radius 1 is 1.32 bits per heavy atom. The van der Waals surface area contributed by atoms with Gasteiger partial charge in [-0.1, -0.05) is 29.5 Å². The average molecular weight is 317 g/mol. The van der Waals surface area contributed by atoms with Crippen LogP contribution in [-0.2, 0) is 4.79 Å². The van der Waals surface area contributed by atoms with Crippen molar-refractivity contribution in [3.8, 4) is 0 Å². The van der Waals surface area contributed by atoms with Crippen LogP contribution >= 0.6 is 11.8 Å². The molecule has 1 aromatic carbocycles. The van der Waals surface area contributed by atoms with E-state index in [4.69, 9.17) is 5.73 Å². The number of hydrogen-bond acceptors (Lipinski definition) is 5. The molecule has 0 bridgehead atoms. The van der Waals surface area contributed by atoms with Gasteiger partial charge in [-0.05, 0) is 38.3 Å². The normalized spacial score (nSPS) is 18.2. The molecule has 3 rings (SSSR count). The molecule has 0 spiro atoms. The smallest absolute Gasteiger partial charge is 0.240 e. The number of carbonyl (C=O) groups is 1. The number of nitrogen functional groups attached to an aromatic ring is 1. The number of anilines is 2. The Morgan fingerprint density at radius 2 is 2.00 bits per heavy atom. The molecule has 1 aliphatic rings. The number of aromatic nitrogens is 3. The number of nitrogens with two attached hydrogens (primary N) is 1. The van der Waals surface area contributed by atoms with Crippen LogP contribution in [0.1, 0.15) is 23.1 Å². The van der Waals surface area contributed by atoms with E-state index in [1.54, 1.807) is 0 Å². The van der Waals surface area contributed by atoms with Crippen molar-refractivity contribution in [2.45, 2.75) is 37.6 Å². The molecule has 116 valence electrons. The topological polar surface area (TPSA) is 87.9 Å². The number of aryl methyl sites for hydroxylation is 3. The first-order valence-electron chi connectivity index (χ1n) is 7.19. The van der Waals surface area contributed by atoms with Crippen LogP contribution in [0.5, 0.6) is 0 Å². The first-order valence-corrected chi connectivity index (χ1v) is 8.07. The molecule has 2 aromatic rings. The zero-order chi connectivity index (χ0) is 15.9. The molecular weight excluding hydrogens is 298 g/mol. The van der Waals surface area contributed by atoms with Crippen LogP contribution in [0.2, 0.25) is 0 Å². The molecule has 1 amide bonds. The van der Waals surface area contributed by atoms with Crippen molar-refractivity contribution in [1.82, 2.24) is 15.2 Å². The third-order valence-electron chi connectivity index (χ3n) is 3.79. The van der Waals surface area contributed by atoms with Crippen molar-refractivity contribution in [2.75, 3.05) is 17.2 Å². The van der Waals surface area contributed by atoms with Gasteiger partial charge in [-0.3, -0.25) is 4.79 Å². The van der Waals surface area contributed by atoms with Gasteiger partial charge in [-0.2, -0.15) is 4.98 Å². The van der Waals surface area contributed by atoms with Crippen molar-refractivity contribution < 1.29 is 4.79 Å². The minimum atomic E-state index is -0.157. The van der Waals surface area contributed by atoms with E-state index in [9.17, 15) is 4.79 Å². The quantitative estimate of drug-likeness (QED) is 0.906. The van der Waals surface area contributed by atoms with Crippen LogP contribution in [0.15, 0.2) is 17.3 Å². The Labute approximate surface area is 133 Å². The summed E-state index contributed by atoms with van der Waals surface area (Å²) < 4.78 is 0. The van der Waals surface area contributed by atoms with E-state index in [1.165, 1.54) is 17.3 Å². The Morgan fingerprint density at radius 3 is 2.59 bits per heavy atom. The number of nitrogens with one attached hydrogen (secondary N) is 1. The fourth-order valence-corrected chi connectivity index (χ4v) is 3.98. The standard InChI is InChI=1S/C15H19N5OS/c1-8-6-9(2)12(10(3)7-8)20-5-4-11(13(20)21)22-15-17-14(16)18-19-15/h6-7,11H,4-5H2,1-3H3,(H3,16,17,18,19)/t11-/m0/s1. The highest BCUT2D eigenvalue weighted by Gasteiger charge is 2.35. The third-order valence-corrected chi connectivity index (χ3v) is 4.91. The highest BCUT2D eigenvalue weighted by Crippen LogP contribution is 2.35. The van der Waals surface area contributed by atoms with Crippen molar-refractivity contribution >= 4 is 29.3 Å². The summed E-state index contributed by atoms with van der Waals surface area (Å²) in [6.07, 6.45) is 0.782. The summed E-state index contributed by atoms with van der Waals surface area (Å²) in [5, 5.41) is 6.95. The molecule has 1 atom stereocenters. The Kier molecular flexibility index (Phi) is 3.82. The summed E-state index contributed by atoms with van der Waals surface area (Å²) in [6, 6.07) is 4.23. The molecule has 1 saturated heterocycles. The zero-order valence-corrected chi connectivity index (χ0v) is 13.7. The number of amides is 1. The monoisotopic (exact) mass is 317 g/mol. The number of benzene rings is 1. The SMILES string of the molecule is Cc1cc(C)c(N2CC[C@H](Sc3n[nH]c(N)n3)C2=O)c(C)c1. The van der Waals surface area contributed by atoms with Gasteiger partial charge < -0.3 is 10.6 Å². The summed E-state index contributed by atoms with van der Waals surface area (Å²) in [5.41, 5.74) is 10.0. The fraction of sp³-hybridized carbons (Fsp3) is 0.400. The molecule has 3 N–H and O–H groups in total. The van der Waals surface area contributed by atoms with Crippen LogP contribution in [0.3, 0.4) is 0 Å². The van der Waals surface area contributed by atoms with Crippen molar-refractivity contribution in [3.05, 3.63) is 28.8 Å². The van der Waals surface area contributed by atoms with Gasteiger partial charge in [0.25, 0.3) is 0 Å². The van der Waals surface area contributed by atoms with E-state index in [0.717, 1.165) is 29.8 Å². The number of rotatable bonds is 3. The number of H-pyrrole nitrogens is 1. The second kappa shape index (κ2) is 5.64. The predicted octanol–water partition coefficient (Wildman–Crippen LogP) is 2.21. The molecule has 0 aliphatic carbocycles. The van der Waals surface area contributed by atoms with E-state index in [2.05, 4.69) is 48.1 Å². The van der Waals surface area contributed by atoms with Crippen molar-refractivity contribution in [3.63, 3.8) is 0 Å². The van der Waals surface area contributed by atoms with Gasteiger partial charge in [0, 0.05) is 12.2 Å². The summed E-state index contributed by atoms with van der Waals surface area (Å²) in [6.45, 7) is 6.90. The highest BCUT2D eigenvalue weighted by atomic mass is 32.2. The second-order valence-corrected chi connectivity index (χ2v) is 6.81. The molecule has 0 saturated carbocycles. The third kappa shape index (κ3) is 2.68. The van der Waals surface area contributed by atoms with Gasteiger partial charge in [0.05, 0.1) is 5.25 Å². The van der Waals surface area contributed by atoms with Crippen LogP contribution in [0, 0.1) is 20.8 Å². The molecule has 6 nitrogen and oxygen atoms in total. The number of aromatic amines is 1. The van der Waals surface area contributed by atoms with E-state index in [-0.39, 0.29) is 17.1 Å². The molecule has 1 aromatic heterocycles. The van der Waals surface area contributed by atoms with Crippen LogP contribution in [0.25, 0.3) is 0 Å². The summed E-state index contributed by atoms with van der Waals surface area (Å²) in [5.74, 6) is 0.387. The van der Waals surface area contributed by atoms with Gasteiger partial charge >= 0.3 is 0 Å². The van der Waals surface area contributed by atoms with Gasteiger partial charge in [0.1, 0.15) is 0 Å². The maximum absolute atomic E-state index is 12.7. The summed E-state index contributed by atoms with van der Waals surface area (Å²) in [4.78, 5) is 18.7. The lowest BCUT2D eigenvalue weighted by molar-refractivity contribution is -0.116. The van der Waals surface area contributed by atoms with Gasteiger partial charge in [0.2, 0.25) is 17.0 Å². The number of carbonyl (C=O) groups excluding carboxylic acids is 1. The predicted molar refractivity (Wildman–Crippen MR) is 88.1 cm³/mol. The lowest BCUT2D eigenvalue weighted by Gasteiger charge is -2.22. The van der Waals surface area contributed by atoms with E-state index < -0.39 is 0 Å². The summed E-state index contributed by atoms with van der Waals surface area (Å²) in [7, 11) is 0. The number of thioether (sulfide) groups is 1. The molecule has 0 radical (unpaired) electrons. The molecule has 1 fully saturated rings. The molecule has 22 heavy (non-hydrogen) atoms. The van der Waals surface area contributed by atoms with Gasteiger partial charge in [-0.25, -0.2) is 5.10 Å². The van der Waals surface area contributed by atoms with Gasteiger partial charge in [-0.15, -0.1) is 5.10 Å². The Balaban J connectivity index is 1.82. The maximum Gasteiger partial charge on any atom is 0.240 e. The van der Waals surface area contributed by atoms with E-state index >= 15 is 0 Å². The minimum absolute atomic E-state index is 0.114. The number of hydrogen-bond donors (Lipinski definition) is 2. The Bertz CT molecular complexity index is 703. The maximum atomic E-state index is 12.7. The van der Waals surface area contributed by atoms with Gasteiger partial charge in [0.15, 0.2) is 0 Å². The van der Waals surface area contributed by atoms with Crippen LogP contribution < -0.4 is 10.6 Å². The first-order chi connectivity index (χ1) is 10.5. The molecule has 2 heterocycles. The van der Waals surface area contributed by atoms with Crippen molar-refractivity contribution in [1.29, 1.82) is 0 Å². The number of nitrogens with zero attached hydrogens (tertiary/aromatic N) is 3. The fourth-order valence-electron chi connectivity index (χ4n) is 3.02. The van der Waals surface area contributed by atoms with Crippen molar-refractivity contribution in [2.24, 2.45) is 0 Å². The largest absolute Gasteiger partial charge is 0.368 e. The minimum Gasteiger partial charge on any atom is -0.368 e. The Hall–Kier alpha value is -2.02. The van der Waals surface area contributed by atoms with E-state index in [0.29, 0.717) is 5.16 Å². The lowest BCUT2D eigenvalue weighted by atomic mass is 10.0. The zero-order valence-electron chi connectivity index (χ0n) is 12.9. The summed E-state index contributed by atoms with van der Waals surface area (Å²) >= 11 is 1.37. The molecule has 1 aliphatic heterocycles. The highest BCUT2D eigenvalue weighted by molar-refractivity contribution is 8.00.